The quantitative estimate of drug-likeness (QED) is 0.569. The van der Waals surface area contributed by atoms with Crippen molar-refractivity contribution in [1.29, 1.82) is 0 Å². The van der Waals surface area contributed by atoms with E-state index in [9.17, 15) is 0 Å². The van der Waals surface area contributed by atoms with E-state index in [1.807, 2.05) is 0 Å². The van der Waals surface area contributed by atoms with Gasteiger partial charge in [-0.15, -0.1) is 4.37 Å². The van der Waals surface area contributed by atoms with Gasteiger partial charge in [0.05, 0.1) is 18.8 Å². The van der Waals surface area contributed by atoms with E-state index in [-0.39, 0.29) is 5.41 Å². The highest BCUT2D eigenvalue weighted by molar-refractivity contribution is 6.99. The van der Waals surface area contributed by atoms with Crippen molar-refractivity contribution < 1.29 is 4.74 Å². The first kappa shape index (κ1) is 16.4. The first-order valence-corrected chi connectivity index (χ1v) is 8.28. The maximum absolute atomic E-state index is 5.38. The van der Waals surface area contributed by atoms with Crippen LogP contribution >= 0.6 is 11.7 Å². The van der Waals surface area contributed by atoms with E-state index in [0.717, 1.165) is 11.6 Å². The van der Waals surface area contributed by atoms with Crippen molar-refractivity contribution in [3.63, 3.8) is 0 Å². The summed E-state index contributed by atoms with van der Waals surface area (Å²) in [7, 11) is 1.69. The van der Waals surface area contributed by atoms with Gasteiger partial charge in [-0.2, -0.15) is 4.37 Å². The summed E-state index contributed by atoms with van der Waals surface area (Å²) in [6.45, 7) is 6.82. The van der Waals surface area contributed by atoms with Crippen LogP contribution in [-0.2, 0) is 5.41 Å². The lowest BCUT2D eigenvalue weighted by atomic mass is 9.77. The van der Waals surface area contributed by atoms with Crippen LogP contribution in [0.2, 0.25) is 0 Å². The number of aromatic nitrogens is 2. The lowest BCUT2D eigenvalue weighted by molar-refractivity contribution is 0.330. The highest BCUT2D eigenvalue weighted by Crippen LogP contribution is 2.38. The van der Waals surface area contributed by atoms with Crippen molar-refractivity contribution in [2.24, 2.45) is 0 Å². The molecule has 0 aliphatic rings. The molecule has 0 aromatic carbocycles. The molecule has 0 aliphatic carbocycles. The van der Waals surface area contributed by atoms with Gasteiger partial charge in [0.25, 0.3) is 0 Å². The summed E-state index contributed by atoms with van der Waals surface area (Å²) in [5, 5.41) is 0. The van der Waals surface area contributed by atoms with Crippen LogP contribution < -0.4 is 4.74 Å². The summed E-state index contributed by atoms with van der Waals surface area (Å²) in [6, 6.07) is 0. The summed E-state index contributed by atoms with van der Waals surface area (Å²) in [6.07, 6.45) is 10.0. The second-order valence-electron chi connectivity index (χ2n) is 5.60. The predicted molar refractivity (Wildman–Crippen MR) is 82.1 cm³/mol. The summed E-state index contributed by atoms with van der Waals surface area (Å²) in [4.78, 5) is 0. The van der Waals surface area contributed by atoms with Crippen molar-refractivity contribution in [3.05, 3.63) is 5.69 Å². The van der Waals surface area contributed by atoms with Crippen LogP contribution in [-0.4, -0.2) is 15.9 Å². The van der Waals surface area contributed by atoms with Gasteiger partial charge in [0, 0.05) is 5.41 Å². The highest BCUT2D eigenvalue weighted by Gasteiger charge is 2.32. The second kappa shape index (κ2) is 8.51. The van der Waals surface area contributed by atoms with Gasteiger partial charge in [-0.3, -0.25) is 0 Å². The standard InChI is InChI=1S/C15H28N2OS/c1-5-7-9-10-12-15(3,11-8-6-2)13-14(18-4)17-19-16-13/h5-12H2,1-4H3. The Balaban J connectivity index is 2.73. The van der Waals surface area contributed by atoms with E-state index in [1.54, 1.807) is 7.11 Å². The van der Waals surface area contributed by atoms with Crippen LogP contribution in [0.5, 0.6) is 5.88 Å². The minimum absolute atomic E-state index is 0.127. The molecule has 1 heterocycles. The van der Waals surface area contributed by atoms with E-state index >= 15 is 0 Å². The number of ether oxygens (including phenoxy) is 1. The molecule has 1 atom stereocenters. The second-order valence-corrected chi connectivity index (χ2v) is 6.13. The van der Waals surface area contributed by atoms with Crippen LogP contribution in [0.1, 0.15) is 77.8 Å². The summed E-state index contributed by atoms with van der Waals surface area (Å²) in [5.41, 5.74) is 1.20. The Hall–Kier alpha value is -0.640. The van der Waals surface area contributed by atoms with Crippen LogP contribution in [0.4, 0.5) is 0 Å². The zero-order chi connectivity index (χ0) is 14.1. The van der Waals surface area contributed by atoms with E-state index in [1.165, 1.54) is 63.1 Å². The summed E-state index contributed by atoms with van der Waals surface area (Å²) < 4.78 is 14.2. The molecule has 0 fully saturated rings. The Labute approximate surface area is 122 Å². The fourth-order valence-corrected chi connectivity index (χ4v) is 3.21. The average molecular weight is 284 g/mol. The smallest absolute Gasteiger partial charge is 0.249 e. The zero-order valence-corrected chi connectivity index (χ0v) is 13.7. The van der Waals surface area contributed by atoms with Gasteiger partial charge in [-0.25, -0.2) is 0 Å². The zero-order valence-electron chi connectivity index (χ0n) is 12.9. The molecular formula is C15H28N2OS. The molecule has 0 saturated heterocycles. The molecule has 4 heteroatoms. The fraction of sp³-hybridized carbons (Fsp3) is 0.867. The topological polar surface area (TPSA) is 35.0 Å². The highest BCUT2D eigenvalue weighted by atomic mass is 32.1. The third-order valence-corrected chi connectivity index (χ3v) is 4.40. The number of rotatable bonds is 10. The molecule has 0 aliphatic heterocycles. The summed E-state index contributed by atoms with van der Waals surface area (Å²) >= 11 is 1.27. The number of unbranched alkanes of at least 4 members (excludes halogenated alkanes) is 4. The minimum Gasteiger partial charge on any atom is -0.479 e. The van der Waals surface area contributed by atoms with Crippen LogP contribution in [0.15, 0.2) is 0 Å². The molecule has 1 aromatic heterocycles. The molecule has 0 saturated carbocycles. The molecule has 0 bridgehead atoms. The lowest BCUT2D eigenvalue weighted by Crippen LogP contribution is -2.23. The normalized spacial score (nSPS) is 14.3. The number of methoxy groups -OCH3 is 1. The molecule has 0 N–H and O–H groups in total. The largest absolute Gasteiger partial charge is 0.479 e. The monoisotopic (exact) mass is 284 g/mol. The van der Waals surface area contributed by atoms with Crippen LogP contribution in [0.3, 0.4) is 0 Å². The van der Waals surface area contributed by atoms with Crippen molar-refractivity contribution in [1.82, 2.24) is 8.75 Å². The van der Waals surface area contributed by atoms with Gasteiger partial charge in [0.2, 0.25) is 5.88 Å². The van der Waals surface area contributed by atoms with Gasteiger partial charge in [-0.05, 0) is 12.8 Å². The third kappa shape index (κ3) is 4.75. The molecular weight excluding hydrogens is 256 g/mol. The van der Waals surface area contributed by atoms with E-state index in [4.69, 9.17) is 4.74 Å². The van der Waals surface area contributed by atoms with Crippen LogP contribution in [0, 0.1) is 0 Å². The van der Waals surface area contributed by atoms with Gasteiger partial charge < -0.3 is 4.74 Å². The SMILES string of the molecule is CCCCCCC(C)(CCCC)c1nsnc1OC. The van der Waals surface area contributed by atoms with Crippen molar-refractivity contribution in [3.8, 4) is 5.88 Å². The Bertz CT molecular complexity index is 354. The molecule has 1 unspecified atom stereocenters. The molecule has 0 amide bonds. The van der Waals surface area contributed by atoms with Gasteiger partial charge >= 0.3 is 0 Å². The van der Waals surface area contributed by atoms with Gasteiger partial charge in [0.15, 0.2) is 0 Å². The average Bonchev–Trinajstić information content (AvgIpc) is 2.90. The predicted octanol–water partition coefficient (Wildman–Crippen LogP) is 4.97. The number of hydrogen-bond acceptors (Lipinski definition) is 4. The van der Waals surface area contributed by atoms with E-state index < -0.39 is 0 Å². The number of nitrogens with zero attached hydrogens (tertiary/aromatic N) is 2. The Morgan fingerprint density at radius 1 is 1.00 bits per heavy atom. The van der Waals surface area contributed by atoms with Crippen molar-refractivity contribution in [2.45, 2.75) is 77.6 Å². The van der Waals surface area contributed by atoms with E-state index in [0.29, 0.717) is 0 Å². The summed E-state index contributed by atoms with van der Waals surface area (Å²) in [5.74, 6) is 0.735. The van der Waals surface area contributed by atoms with Crippen molar-refractivity contribution >= 4 is 11.7 Å². The first-order chi connectivity index (χ1) is 9.18. The molecule has 0 spiro atoms. The molecule has 1 rings (SSSR count). The fourth-order valence-electron chi connectivity index (χ4n) is 2.55. The molecule has 0 radical (unpaired) electrons. The van der Waals surface area contributed by atoms with Crippen LogP contribution in [0.25, 0.3) is 0 Å². The van der Waals surface area contributed by atoms with Crippen molar-refractivity contribution in [2.75, 3.05) is 7.11 Å². The van der Waals surface area contributed by atoms with E-state index in [2.05, 4.69) is 29.5 Å². The number of hydrogen-bond donors (Lipinski definition) is 0. The van der Waals surface area contributed by atoms with Gasteiger partial charge in [0.1, 0.15) is 5.69 Å². The lowest BCUT2D eigenvalue weighted by Gasteiger charge is -2.28. The van der Waals surface area contributed by atoms with Gasteiger partial charge in [-0.1, -0.05) is 59.3 Å². The Morgan fingerprint density at radius 2 is 1.68 bits per heavy atom. The molecule has 3 nitrogen and oxygen atoms in total. The molecule has 1 aromatic rings. The maximum atomic E-state index is 5.38. The maximum Gasteiger partial charge on any atom is 0.249 e. The first-order valence-electron chi connectivity index (χ1n) is 7.55. The Morgan fingerprint density at radius 3 is 2.32 bits per heavy atom. The molecule has 19 heavy (non-hydrogen) atoms. The minimum atomic E-state index is 0.127. The third-order valence-electron chi connectivity index (χ3n) is 3.89. The molecule has 110 valence electrons. The Kier molecular flexibility index (Phi) is 7.36.